The van der Waals surface area contributed by atoms with Gasteiger partial charge in [-0.05, 0) is 73.8 Å². The van der Waals surface area contributed by atoms with Gasteiger partial charge in [0.15, 0.2) is 0 Å². The van der Waals surface area contributed by atoms with Crippen molar-refractivity contribution in [3.05, 3.63) is 58.6 Å². The van der Waals surface area contributed by atoms with E-state index in [9.17, 15) is 8.42 Å². The average molecular weight is 420 g/mol. The van der Waals surface area contributed by atoms with Gasteiger partial charge in [-0.3, -0.25) is 4.90 Å². The molecular weight excluding hydrogens is 394 g/mol. The summed E-state index contributed by atoms with van der Waals surface area (Å²) >= 11 is 5.89. The number of anilines is 1. The normalized spacial score (nSPS) is 18.4. The Hall–Kier alpha value is -1.60. The summed E-state index contributed by atoms with van der Waals surface area (Å²) in [5, 5.41) is 0.525. The van der Waals surface area contributed by atoms with Gasteiger partial charge >= 0.3 is 0 Å². The Balaban J connectivity index is 1.56. The molecule has 0 aliphatic carbocycles. The number of hydrogen-bond donors (Lipinski definition) is 1. The number of sulfonamides is 1. The number of rotatable bonds is 6. The minimum Gasteiger partial charge on any atom is -0.374 e. The topological polar surface area (TPSA) is 52.7 Å². The standard InChI is InChI=1S/C21H26ClN3O2S/c1-24-13-10-17-14-16(4-9-20(17)24)21(25-11-2-3-12-25)15-23-28(26,27)19-7-5-18(22)6-8-19/h4-9,14,21,23H,2-3,10-13,15H2,1H3/t21-/m0/s1. The highest BCUT2D eigenvalue weighted by atomic mass is 35.5. The molecule has 2 aliphatic rings. The van der Waals surface area contributed by atoms with E-state index >= 15 is 0 Å². The predicted molar refractivity (Wildman–Crippen MR) is 114 cm³/mol. The average Bonchev–Trinajstić information content (AvgIpc) is 3.33. The van der Waals surface area contributed by atoms with Gasteiger partial charge in [0.1, 0.15) is 0 Å². The third-order valence-corrected chi connectivity index (χ3v) is 7.48. The van der Waals surface area contributed by atoms with Gasteiger partial charge in [-0.15, -0.1) is 0 Å². The molecule has 0 unspecified atom stereocenters. The second-order valence-corrected chi connectivity index (χ2v) is 9.83. The van der Waals surface area contributed by atoms with Crippen LogP contribution in [0.1, 0.15) is 30.0 Å². The second-order valence-electron chi connectivity index (χ2n) is 7.62. The molecule has 1 atom stereocenters. The van der Waals surface area contributed by atoms with Gasteiger partial charge in [0, 0.05) is 36.9 Å². The van der Waals surface area contributed by atoms with Crippen LogP contribution < -0.4 is 9.62 Å². The molecule has 1 saturated heterocycles. The van der Waals surface area contributed by atoms with Crippen LogP contribution in [0.4, 0.5) is 5.69 Å². The quantitative estimate of drug-likeness (QED) is 0.779. The summed E-state index contributed by atoms with van der Waals surface area (Å²) in [7, 11) is -1.46. The predicted octanol–water partition coefficient (Wildman–Crippen LogP) is 3.45. The van der Waals surface area contributed by atoms with Crippen LogP contribution in [-0.2, 0) is 16.4 Å². The molecule has 7 heteroatoms. The SMILES string of the molecule is CN1CCc2cc([C@H](CNS(=O)(=O)c3ccc(Cl)cc3)N3CCCC3)ccc21. The fraction of sp³-hybridized carbons (Fsp3) is 0.429. The van der Waals surface area contributed by atoms with Crippen molar-refractivity contribution in [2.24, 2.45) is 0 Å². The first kappa shape index (κ1) is 19.7. The van der Waals surface area contributed by atoms with E-state index in [1.807, 2.05) is 0 Å². The zero-order valence-corrected chi connectivity index (χ0v) is 17.6. The van der Waals surface area contributed by atoms with E-state index in [1.54, 1.807) is 24.3 Å². The molecule has 0 aromatic heterocycles. The summed E-state index contributed by atoms with van der Waals surface area (Å²) in [6.07, 6.45) is 3.37. The largest absolute Gasteiger partial charge is 0.374 e. The van der Waals surface area contributed by atoms with Crippen LogP contribution in [0.3, 0.4) is 0 Å². The summed E-state index contributed by atoms with van der Waals surface area (Å²) in [6, 6.07) is 12.9. The first-order chi connectivity index (χ1) is 13.4. The van der Waals surface area contributed by atoms with Crippen LogP contribution in [0.15, 0.2) is 47.4 Å². The van der Waals surface area contributed by atoms with Gasteiger partial charge in [0.2, 0.25) is 10.0 Å². The maximum atomic E-state index is 12.7. The molecule has 1 N–H and O–H groups in total. The molecular formula is C21H26ClN3O2S. The Bertz CT molecular complexity index is 941. The number of likely N-dealkylation sites (N-methyl/N-ethyl adjacent to an activating group) is 1. The van der Waals surface area contributed by atoms with Gasteiger partial charge < -0.3 is 4.90 Å². The molecule has 5 nitrogen and oxygen atoms in total. The minimum absolute atomic E-state index is 0.0424. The zero-order chi connectivity index (χ0) is 19.7. The number of hydrogen-bond acceptors (Lipinski definition) is 4. The fourth-order valence-electron chi connectivity index (χ4n) is 4.19. The van der Waals surface area contributed by atoms with Crippen molar-refractivity contribution >= 4 is 27.3 Å². The molecule has 0 spiro atoms. The van der Waals surface area contributed by atoms with Crippen molar-refractivity contribution in [1.82, 2.24) is 9.62 Å². The van der Waals surface area contributed by atoms with Gasteiger partial charge in [-0.2, -0.15) is 0 Å². The summed E-state index contributed by atoms with van der Waals surface area (Å²) < 4.78 is 28.3. The van der Waals surface area contributed by atoms with Crippen LogP contribution in [0.25, 0.3) is 0 Å². The highest BCUT2D eigenvalue weighted by Gasteiger charge is 2.27. The molecule has 0 radical (unpaired) electrons. The van der Waals surface area contributed by atoms with E-state index in [1.165, 1.54) is 16.8 Å². The zero-order valence-electron chi connectivity index (χ0n) is 16.1. The molecule has 2 heterocycles. The Morgan fingerprint density at radius 3 is 2.50 bits per heavy atom. The number of halogens is 1. The molecule has 2 aromatic carbocycles. The maximum Gasteiger partial charge on any atom is 0.240 e. The molecule has 0 bridgehead atoms. The van der Waals surface area contributed by atoms with Gasteiger partial charge in [0.05, 0.1) is 4.90 Å². The van der Waals surface area contributed by atoms with Crippen LogP contribution in [0, 0.1) is 0 Å². The molecule has 0 saturated carbocycles. The van der Waals surface area contributed by atoms with Crippen molar-refractivity contribution in [1.29, 1.82) is 0 Å². The van der Waals surface area contributed by atoms with Crippen LogP contribution in [0.2, 0.25) is 5.02 Å². The minimum atomic E-state index is -3.57. The highest BCUT2D eigenvalue weighted by molar-refractivity contribution is 7.89. The van der Waals surface area contributed by atoms with E-state index in [0.717, 1.165) is 38.9 Å². The smallest absolute Gasteiger partial charge is 0.240 e. The molecule has 2 aliphatic heterocycles. The number of likely N-dealkylation sites (tertiary alicyclic amines) is 1. The summed E-state index contributed by atoms with van der Waals surface area (Å²) in [6.45, 7) is 3.41. The monoisotopic (exact) mass is 419 g/mol. The van der Waals surface area contributed by atoms with E-state index < -0.39 is 10.0 Å². The fourth-order valence-corrected chi connectivity index (χ4v) is 5.36. The Morgan fingerprint density at radius 2 is 1.79 bits per heavy atom. The Morgan fingerprint density at radius 1 is 1.07 bits per heavy atom. The van der Waals surface area contributed by atoms with Crippen molar-refractivity contribution in [3.8, 4) is 0 Å². The van der Waals surface area contributed by atoms with Crippen molar-refractivity contribution in [2.45, 2.75) is 30.2 Å². The molecule has 0 amide bonds. The summed E-state index contributed by atoms with van der Waals surface area (Å²) in [5.74, 6) is 0. The lowest BCUT2D eigenvalue weighted by Crippen LogP contribution is -2.36. The van der Waals surface area contributed by atoms with E-state index in [-0.39, 0.29) is 10.9 Å². The number of fused-ring (bicyclic) bond motifs is 1. The third-order valence-electron chi connectivity index (χ3n) is 5.79. The lowest BCUT2D eigenvalue weighted by Gasteiger charge is -2.28. The van der Waals surface area contributed by atoms with Crippen molar-refractivity contribution in [2.75, 3.05) is 38.1 Å². The second kappa shape index (κ2) is 8.03. The number of nitrogens with zero attached hydrogens (tertiary/aromatic N) is 2. The van der Waals surface area contributed by atoms with Gasteiger partial charge in [-0.1, -0.05) is 23.7 Å². The van der Waals surface area contributed by atoms with Gasteiger partial charge in [-0.25, -0.2) is 13.1 Å². The molecule has 1 fully saturated rings. The number of benzene rings is 2. The Kier molecular flexibility index (Phi) is 5.65. The lowest BCUT2D eigenvalue weighted by molar-refractivity contribution is 0.246. The molecule has 28 heavy (non-hydrogen) atoms. The van der Waals surface area contributed by atoms with Crippen LogP contribution in [0.5, 0.6) is 0 Å². The van der Waals surface area contributed by atoms with E-state index in [4.69, 9.17) is 11.6 Å². The van der Waals surface area contributed by atoms with E-state index in [0.29, 0.717) is 11.6 Å². The first-order valence-corrected chi connectivity index (χ1v) is 11.6. The first-order valence-electron chi connectivity index (χ1n) is 9.77. The van der Waals surface area contributed by atoms with E-state index in [2.05, 4.69) is 39.8 Å². The highest BCUT2D eigenvalue weighted by Crippen LogP contribution is 2.32. The molecule has 150 valence electrons. The lowest BCUT2D eigenvalue weighted by atomic mass is 10.0. The Labute approximate surface area is 172 Å². The maximum absolute atomic E-state index is 12.7. The van der Waals surface area contributed by atoms with Crippen LogP contribution >= 0.6 is 11.6 Å². The van der Waals surface area contributed by atoms with Gasteiger partial charge in [0.25, 0.3) is 0 Å². The van der Waals surface area contributed by atoms with Crippen molar-refractivity contribution in [3.63, 3.8) is 0 Å². The molecule has 4 rings (SSSR count). The van der Waals surface area contributed by atoms with Crippen molar-refractivity contribution < 1.29 is 8.42 Å². The summed E-state index contributed by atoms with van der Waals surface area (Å²) in [5.41, 5.74) is 3.82. The number of nitrogens with one attached hydrogen (secondary N) is 1. The van der Waals surface area contributed by atoms with Crippen LogP contribution in [-0.4, -0.2) is 46.5 Å². The third kappa shape index (κ3) is 4.06. The molecule has 2 aromatic rings. The summed E-state index contributed by atoms with van der Waals surface area (Å²) in [4.78, 5) is 4.91.